The molecule has 0 aliphatic rings. The molecule has 1 aromatic carbocycles. The number of nitrogens with zero attached hydrogens (tertiary/aromatic N) is 1. The van der Waals surface area contributed by atoms with E-state index in [1.54, 1.807) is 13.0 Å². The lowest BCUT2D eigenvalue weighted by Gasteiger charge is -2.29. The molecular weight excluding hydrogens is 215 g/mol. The van der Waals surface area contributed by atoms with Gasteiger partial charge in [0.05, 0.1) is 0 Å². The van der Waals surface area contributed by atoms with Crippen molar-refractivity contribution in [2.75, 3.05) is 20.1 Å². The Bertz CT molecular complexity index is 374. The number of aryl methyl sites for hydroxylation is 1. The van der Waals surface area contributed by atoms with Crippen molar-refractivity contribution in [3.8, 4) is 0 Å². The molecule has 17 heavy (non-hydrogen) atoms. The van der Waals surface area contributed by atoms with Gasteiger partial charge in [-0.05, 0) is 43.1 Å². The lowest BCUT2D eigenvalue weighted by Crippen LogP contribution is -2.36. The summed E-state index contributed by atoms with van der Waals surface area (Å²) in [4.78, 5) is 2.18. The molecule has 1 aromatic rings. The average Bonchev–Trinajstić information content (AvgIpc) is 2.23. The zero-order valence-electron chi connectivity index (χ0n) is 11.3. The molecule has 3 heteroatoms. The Hall–Kier alpha value is -0.930. The van der Waals surface area contributed by atoms with E-state index in [0.29, 0.717) is 12.1 Å². The van der Waals surface area contributed by atoms with E-state index in [4.69, 9.17) is 5.73 Å². The molecule has 0 aromatic heterocycles. The molecule has 0 amide bonds. The third-order valence-corrected chi connectivity index (χ3v) is 2.94. The van der Waals surface area contributed by atoms with Crippen LogP contribution in [-0.2, 0) is 6.54 Å². The number of benzene rings is 1. The summed E-state index contributed by atoms with van der Waals surface area (Å²) in [6, 6.07) is 5.41. The van der Waals surface area contributed by atoms with Crippen LogP contribution in [0.5, 0.6) is 0 Å². The van der Waals surface area contributed by atoms with Gasteiger partial charge in [0.2, 0.25) is 0 Å². The average molecular weight is 238 g/mol. The monoisotopic (exact) mass is 238 g/mol. The Morgan fingerprint density at radius 1 is 1.35 bits per heavy atom. The van der Waals surface area contributed by atoms with E-state index in [1.165, 1.54) is 0 Å². The first-order valence-corrected chi connectivity index (χ1v) is 5.98. The van der Waals surface area contributed by atoms with Crippen LogP contribution in [0, 0.1) is 18.2 Å². The molecule has 0 saturated heterocycles. The van der Waals surface area contributed by atoms with Crippen LogP contribution in [0.3, 0.4) is 0 Å². The zero-order valence-corrected chi connectivity index (χ0v) is 11.3. The van der Waals surface area contributed by atoms with Gasteiger partial charge >= 0.3 is 0 Å². The van der Waals surface area contributed by atoms with Crippen molar-refractivity contribution in [1.82, 2.24) is 4.90 Å². The standard InChI is InChI=1S/C14H23FN2/c1-11-5-6-12(7-13(11)15)8-17(4)10-14(2,3)9-16/h5-7H,8-10,16H2,1-4H3. The molecule has 0 bridgehead atoms. The Morgan fingerprint density at radius 3 is 2.53 bits per heavy atom. The second-order valence-corrected chi connectivity index (χ2v) is 5.62. The van der Waals surface area contributed by atoms with Gasteiger partial charge < -0.3 is 10.6 Å². The molecule has 0 heterocycles. The van der Waals surface area contributed by atoms with Gasteiger partial charge in [-0.1, -0.05) is 26.0 Å². The topological polar surface area (TPSA) is 29.3 Å². The molecule has 0 aliphatic heterocycles. The molecule has 0 spiro atoms. The second kappa shape index (κ2) is 5.61. The summed E-state index contributed by atoms with van der Waals surface area (Å²) in [6.07, 6.45) is 0. The largest absolute Gasteiger partial charge is 0.330 e. The molecule has 96 valence electrons. The quantitative estimate of drug-likeness (QED) is 0.854. The van der Waals surface area contributed by atoms with E-state index >= 15 is 0 Å². The van der Waals surface area contributed by atoms with Crippen molar-refractivity contribution in [3.05, 3.63) is 35.1 Å². The number of nitrogens with two attached hydrogens (primary N) is 1. The maximum absolute atomic E-state index is 13.4. The Balaban J connectivity index is 2.62. The number of hydrogen-bond donors (Lipinski definition) is 1. The van der Waals surface area contributed by atoms with Crippen molar-refractivity contribution in [1.29, 1.82) is 0 Å². The minimum absolute atomic E-state index is 0.0952. The fourth-order valence-corrected chi connectivity index (χ4v) is 1.90. The summed E-state index contributed by atoms with van der Waals surface area (Å²) < 4.78 is 13.4. The molecule has 0 radical (unpaired) electrons. The summed E-state index contributed by atoms with van der Waals surface area (Å²) >= 11 is 0. The van der Waals surface area contributed by atoms with E-state index in [-0.39, 0.29) is 11.2 Å². The lowest BCUT2D eigenvalue weighted by atomic mass is 9.93. The van der Waals surface area contributed by atoms with E-state index < -0.39 is 0 Å². The summed E-state index contributed by atoms with van der Waals surface area (Å²) in [6.45, 7) is 8.36. The van der Waals surface area contributed by atoms with Crippen molar-refractivity contribution >= 4 is 0 Å². The fraction of sp³-hybridized carbons (Fsp3) is 0.571. The van der Waals surface area contributed by atoms with Crippen LogP contribution in [0.2, 0.25) is 0 Å². The van der Waals surface area contributed by atoms with Crippen LogP contribution in [0.25, 0.3) is 0 Å². The maximum atomic E-state index is 13.4. The van der Waals surface area contributed by atoms with Crippen molar-refractivity contribution in [3.63, 3.8) is 0 Å². The summed E-state index contributed by atoms with van der Waals surface area (Å²) in [7, 11) is 2.04. The summed E-state index contributed by atoms with van der Waals surface area (Å²) in [5.41, 5.74) is 7.50. The summed E-state index contributed by atoms with van der Waals surface area (Å²) in [5.74, 6) is -0.131. The number of halogens is 1. The Morgan fingerprint density at radius 2 is 2.00 bits per heavy atom. The smallest absolute Gasteiger partial charge is 0.126 e. The van der Waals surface area contributed by atoms with Crippen molar-refractivity contribution in [2.45, 2.75) is 27.3 Å². The highest BCUT2D eigenvalue weighted by molar-refractivity contribution is 5.23. The van der Waals surface area contributed by atoms with Crippen LogP contribution in [0.4, 0.5) is 4.39 Å². The Labute approximate surface area is 104 Å². The molecule has 0 aliphatic carbocycles. The first kappa shape index (κ1) is 14.1. The Kier molecular flexibility index (Phi) is 4.66. The molecule has 0 unspecified atom stereocenters. The maximum Gasteiger partial charge on any atom is 0.126 e. The number of rotatable bonds is 5. The SMILES string of the molecule is Cc1ccc(CN(C)CC(C)(C)CN)cc1F. The van der Waals surface area contributed by atoms with Gasteiger partial charge in [-0.2, -0.15) is 0 Å². The van der Waals surface area contributed by atoms with Gasteiger partial charge in [-0.25, -0.2) is 4.39 Å². The predicted molar refractivity (Wildman–Crippen MR) is 70.3 cm³/mol. The third kappa shape index (κ3) is 4.44. The van der Waals surface area contributed by atoms with Gasteiger partial charge in [0.25, 0.3) is 0 Å². The van der Waals surface area contributed by atoms with E-state index in [1.807, 2.05) is 19.2 Å². The normalized spacial score (nSPS) is 12.2. The van der Waals surface area contributed by atoms with Crippen LogP contribution in [-0.4, -0.2) is 25.0 Å². The van der Waals surface area contributed by atoms with Gasteiger partial charge in [0.15, 0.2) is 0 Å². The molecule has 0 atom stereocenters. The van der Waals surface area contributed by atoms with E-state index in [9.17, 15) is 4.39 Å². The van der Waals surface area contributed by atoms with Crippen molar-refractivity contribution in [2.24, 2.45) is 11.1 Å². The molecule has 0 fully saturated rings. The van der Waals surface area contributed by atoms with Gasteiger partial charge in [0, 0.05) is 13.1 Å². The first-order chi connectivity index (χ1) is 7.84. The van der Waals surface area contributed by atoms with Crippen LogP contribution in [0.1, 0.15) is 25.0 Å². The predicted octanol–water partition coefficient (Wildman–Crippen LogP) is 2.55. The highest BCUT2D eigenvalue weighted by Gasteiger charge is 2.18. The van der Waals surface area contributed by atoms with E-state index in [2.05, 4.69) is 18.7 Å². The van der Waals surface area contributed by atoms with Crippen molar-refractivity contribution < 1.29 is 4.39 Å². The molecule has 2 N–H and O–H groups in total. The summed E-state index contributed by atoms with van der Waals surface area (Å²) in [5, 5.41) is 0. The molecule has 0 saturated carbocycles. The van der Waals surface area contributed by atoms with Gasteiger partial charge in [0.1, 0.15) is 5.82 Å². The fourth-order valence-electron chi connectivity index (χ4n) is 1.90. The van der Waals surface area contributed by atoms with Crippen LogP contribution < -0.4 is 5.73 Å². The molecule has 1 rings (SSSR count). The molecular formula is C14H23FN2. The third-order valence-electron chi connectivity index (χ3n) is 2.94. The van der Waals surface area contributed by atoms with Crippen LogP contribution >= 0.6 is 0 Å². The highest BCUT2D eigenvalue weighted by Crippen LogP contribution is 2.16. The highest BCUT2D eigenvalue weighted by atomic mass is 19.1. The number of hydrogen-bond acceptors (Lipinski definition) is 2. The minimum Gasteiger partial charge on any atom is -0.330 e. The second-order valence-electron chi connectivity index (χ2n) is 5.62. The van der Waals surface area contributed by atoms with Gasteiger partial charge in [-0.3, -0.25) is 0 Å². The minimum atomic E-state index is -0.131. The zero-order chi connectivity index (χ0) is 13.1. The first-order valence-electron chi connectivity index (χ1n) is 5.98. The molecule has 2 nitrogen and oxygen atoms in total. The van der Waals surface area contributed by atoms with Crippen LogP contribution in [0.15, 0.2) is 18.2 Å². The lowest BCUT2D eigenvalue weighted by molar-refractivity contribution is 0.209. The van der Waals surface area contributed by atoms with Gasteiger partial charge in [-0.15, -0.1) is 0 Å². The van der Waals surface area contributed by atoms with E-state index in [0.717, 1.165) is 18.7 Å².